The van der Waals surface area contributed by atoms with Crippen LogP contribution in [0.3, 0.4) is 0 Å². The number of alkyl halides is 1. The average molecular weight is 393 g/mol. The molecule has 0 aliphatic carbocycles. The zero-order chi connectivity index (χ0) is 19.8. The number of rotatable bonds is 3. The Balaban J connectivity index is 1.31. The summed E-state index contributed by atoms with van der Waals surface area (Å²) in [5, 5.41) is 0. The Morgan fingerprint density at radius 1 is 0.897 bits per heavy atom. The van der Waals surface area contributed by atoms with Gasteiger partial charge < -0.3 is 14.4 Å². The van der Waals surface area contributed by atoms with Crippen LogP contribution in [0.5, 0.6) is 0 Å². The van der Waals surface area contributed by atoms with Crippen LogP contribution in [0.4, 0.5) is 10.1 Å². The summed E-state index contributed by atoms with van der Waals surface area (Å²) >= 11 is 0. The summed E-state index contributed by atoms with van der Waals surface area (Å²) in [5.74, 6) is 1.01. The number of halogens is 1. The van der Waals surface area contributed by atoms with E-state index < -0.39 is 6.17 Å². The molecule has 1 aromatic heterocycles. The number of anilines is 1. The van der Waals surface area contributed by atoms with E-state index in [4.69, 9.17) is 4.98 Å². The molecule has 2 aliphatic rings. The molecule has 5 heteroatoms. The second kappa shape index (κ2) is 7.79. The number of hydrogen-bond acceptors (Lipinski definition) is 3. The predicted octanol–water partition coefficient (Wildman–Crippen LogP) is 4.64. The summed E-state index contributed by atoms with van der Waals surface area (Å²) < 4.78 is 15.6. The van der Waals surface area contributed by atoms with Crippen molar-refractivity contribution in [1.29, 1.82) is 0 Å². The molecular formula is C24H29FN4. The summed E-state index contributed by atoms with van der Waals surface area (Å²) in [6, 6.07) is 17.7. The quantitative estimate of drug-likeness (QED) is 0.649. The van der Waals surface area contributed by atoms with Crippen molar-refractivity contribution in [3.63, 3.8) is 0 Å². The fraction of sp³-hybridized carbons (Fsp3) is 0.458. The van der Waals surface area contributed by atoms with E-state index >= 15 is 0 Å². The molecule has 2 aliphatic heterocycles. The van der Waals surface area contributed by atoms with Crippen LogP contribution in [0, 0.1) is 0 Å². The molecule has 152 valence electrons. The molecular weight excluding hydrogens is 363 g/mol. The second-order valence-electron chi connectivity index (χ2n) is 8.46. The SMILES string of the molecule is Cn1c(-c2cccc(N3CCC(N4CCC(F)CC4)CC3)c2)nc2ccccc21. The van der Waals surface area contributed by atoms with E-state index in [0.717, 1.165) is 61.4 Å². The maximum Gasteiger partial charge on any atom is 0.140 e. The van der Waals surface area contributed by atoms with Crippen molar-refractivity contribution < 1.29 is 4.39 Å². The van der Waals surface area contributed by atoms with Gasteiger partial charge in [0.2, 0.25) is 0 Å². The maximum atomic E-state index is 13.4. The zero-order valence-electron chi connectivity index (χ0n) is 17.1. The molecule has 2 saturated heterocycles. The van der Waals surface area contributed by atoms with Crippen molar-refractivity contribution in [3.05, 3.63) is 48.5 Å². The highest BCUT2D eigenvalue weighted by Crippen LogP contribution is 2.29. The lowest BCUT2D eigenvalue weighted by Crippen LogP contribution is -2.48. The van der Waals surface area contributed by atoms with Crippen LogP contribution in [0.25, 0.3) is 22.4 Å². The van der Waals surface area contributed by atoms with Gasteiger partial charge in [-0.3, -0.25) is 0 Å². The molecule has 2 fully saturated rings. The minimum Gasteiger partial charge on any atom is -0.371 e. The summed E-state index contributed by atoms with van der Waals surface area (Å²) in [4.78, 5) is 9.86. The molecule has 3 heterocycles. The highest BCUT2D eigenvalue weighted by molar-refractivity contribution is 5.81. The first-order valence-electron chi connectivity index (χ1n) is 10.8. The molecule has 0 N–H and O–H groups in total. The highest BCUT2D eigenvalue weighted by Gasteiger charge is 2.28. The molecule has 0 bridgehead atoms. The number of aryl methyl sites for hydroxylation is 1. The van der Waals surface area contributed by atoms with Crippen LogP contribution in [0.2, 0.25) is 0 Å². The zero-order valence-corrected chi connectivity index (χ0v) is 17.1. The number of hydrogen-bond donors (Lipinski definition) is 0. The molecule has 29 heavy (non-hydrogen) atoms. The van der Waals surface area contributed by atoms with Gasteiger partial charge in [-0.15, -0.1) is 0 Å². The van der Waals surface area contributed by atoms with Crippen molar-refractivity contribution in [2.45, 2.75) is 37.9 Å². The second-order valence-corrected chi connectivity index (χ2v) is 8.46. The number of fused-ring (bicyclic) bond motifs is 1. The van der Waals surface area contributed by atoms with E-state index in [9.17, 15) is 4.39 Å². The lowest BCUT2D eigenvalue weighted by atomic mass is 9.98. The first-order chi connectivity index (χ1) is 14.2. The average Bonchev–Trinajstić information content (AvgIpc) is 3.11. The number of para-hydroxylation sites is 2. The maximum absolute atomic E-state index is 13.4. The Labute approximate surface area is 171 Å². The van der Waals surface area contributed by atoms with Crippen molar-refractivity contribution >= 4 is 16.7 Å². The van der Waals surface area contributed by atoms with Gasteiger partial charge in [0.15, 0.2) is 0 Å². The van der Waals surface area contributed by atoms with Crippen LogP contribution in [-0.2, 0) is 7.05 Å². The molecule has 3 aromatic rings. The van der Waals surface area contributed by atoms with E-state index in [1.807, 2.05) is 6.07 Å². The lowest BCUT2D eigenvalue weighted by Gasteiger charge is -2.41. The third-order valence-electron chi connectivity index (χ3n) is 6.70. The molecule has 0 saturated carbocycles. The molecule has 4 nitrogen and oxygen atoms in total. The predicted molar refractivity (Wildman–Crippen MR) is 117 cm³/mol. The number of aromatic nitrogens is 2. The van der Waals surface area contributed by atoms with Gasteiger partial charge in [-0.25, -0.2) is 9.37 Å². The molecule has 0 amide bonds. The smallest absolute Gasteiger partial charge is 0.140 e. The first kappa shape index (κ1) is 18.6. The Morgan fingerprint density at radius 3 is 2.41 bits per heavy atom. The van der Waals surface area contributed by atoms with Crippen LogP contribution in [0.1, 0.15) is 25.7 Å². The van der Waals surface area contributed by atoms with Gasteiger partial charge >= 0.3 is 0 Å². The fourth-order valence-corrected chi connectivity index (χ4v) is 4.97. The third-order valence-corrected chi connectivity index (χ3v) is 6.70. The molecule has 0 atom stereocenters. The number of likely N-dealkylation sites (tertiary alicyclic amines) is 1. The van der Waals surface area contributed by atoms with Gasteiger partial charge in [-0.05, 0) is 49.9 Å². The minimum absolute atomic E-state index is 0.586. The number of piperidine rings is 2. The molecule has 2 aromatic carbocycles. The Kier molecular flexibility index (Phi) is 5.00. The largest absolute Gasteiger partial charge is 0.371 e. The fourth-order valence-electron chi connectivity index (χ4n) is 4.97. The Morgan fingerprint density at radius 2 is 1.66 bits per heavy atom. The van der Waals surface area contributed by atoms with Gasteiger partial charge in [-0.2, -0.15) is 0 Å². The highest BCUT2D eigenvalue weighted by atomic mass is 19.1. The van der Waals surface area contributed by atoms with E-state index in [0.29, 0.717) is 18.9 Å². The van der Waals surface area contributed by atoms with Crippen molar-refractivity contribution in [3.8, 4) is 11.4 Å². The van der Waals surface area contributed by atoms with E-state index in [1.165, 1.54) is 5.69 Å². The molecule has 0 unspecified atom stereocenters. The molecule has 5 rings (SSSR count). The van der Waals surface area contributed by atoms with Crippen molar-refractivity contribution in [1.82, 2.24) is 14.5 Å². The van der Waals surface area contributed by atoms with Crippen LogP contribution in [-0.4, -0.2) is 52.8 Å². The van der Waals surface area contributed by atoms with Gasteiger partial charge in [0.25, 0.3) is 0 Å². The number of imidazole rings is 1. The summed E-state index contributed by atoms with van der Waals surface area (Å²) in [5.41, 5.74) is 4.63. The van der Waals surface area contributed by atoms with Gasteiger partial charge in [0.1, 0.15) is 12.0 Å². The van der Waals surface area contributed by atoms with Crippen LogP contribution in [0.15, 0.2) is 48.5 Å². The summed E-state index contributed by atoms with van der Waals surface area (Å²) in [6.07, 6.45) is 3.15. The third kappa shape index (κ3) is 3.64. The number of nitrogens with zero attached hydrogens (tertiary/aromatic N) is 4. The van der Waals surface area contributed by atoms with E-state index in [2.05, 4.69) is 63.9 Å². The molecule has 0 radical (unpaired) electrons. The van der Waals surface area contributed by atoms with Gasteiger partial charge in [0.05, 0.1) is 11.0 Å². The van der Waals surface area contributed by atoms with Crippen LogP contribution >= 0.6 is 0 Å². The standard InChI is InChI=1S/C24H29FN4/c1-27-23-8-3-2-7-22(23)26-24(27)18-5-4-6-21(17-18)29-15-11-20(12-16-29)28-13-9-19(25)10-14-28/h2-8,17,19-20H,9-16H2,1H3. The summed E-state index contributed by atoms with van der Waals surface area (Å²) in [7, 11) is 2.09. The summed E-state index contributed by atoms with van der Waals surface area (Å²) in [6.45, 7) is 3.97. The monoisotopic (exact) mass is 392 g/mol. The topological polar surface area (TPSA) is 24.3 Å². The normalized spacial score (nSPS) is 19.9. The van der Waals surface area contributed by atoms with Crippen LogP contribution < -0.4 is 4.90 Å². The Hall–Kier alpha value is -2.40. The Bertz CT molecular complexity index is 981. The van der Waals surface area contributed by atoms with E-state index in [1.54, 1.807) is 0 Å². The van der Waals surface area contributed by atoms with Crippen molar-refractivity contribution in [2.75, 3.05) is 31.1 Å². The van der Waals surface area contributed by atoms with E-state index in [-0.39, 0.29) is 0 Å². The lowest BCUT2D eigenvalue weighted by molar-refractivity contribution is 0.0981. The van der Waals surface area contributed by atoms with Crippen molar-refractivity contribution in [2.24, 2.45) is 7.05 Å². The van der Waals surface area contributed by atoms with Gasteiger partial charge in [0, 0.05) is 50.5 Å². The minimum atomic E-state index is -0.586. The van der Waals surface area contributed by atoms with Gasteiger partial charge in [-0.1, -0.05) is 24.3 Å². The first-order valence-corrected chi connectivity index (χ1v) is 10.8. The molecule has 0 spiro atoms. The number of benzene rings is 2.